The number of hydrogen-bond acceptors (Lipinski definition) is 8. The molecule has 1 aliphatic carbocycles. The first kappa shape index (κ1) is 28.9. The quantitative estimate of drug-likeness (QED) is 0.166. The van der Waals surface area contributed by atoms with Gasteiger partial charge in [0.25, 0.3) is 5.79 Å². The maximum absolute atomic E-state index is 11.8. The number of hydrogen-bond donors (Lipinski definition) is 4. The average molecular weight is 645 g/mol. The molecule has 0 saturated heterocycles. The Balaban J connectivity index is 1.21. The highest BCUT2D eigenvalue weighted by molar-refractivity contribution is 5.69. The summed E-state index contributed by atoms with van der Waals surface area (Å²) in [7, 11) is 0. The van der Waals surface area contributed by atoms with Crippen molar-refractivity contribution in [2.45, 2.75) is 69.4 Å². The summed E-state index contributed by atoms with van der Waals surface area (Å²) in [6.07, 6.45) is 7.28. The molecule has 0 amide bonds. The maximum atomic E-state index is 11.8. The highest BCUT2D eigenvalue weighted by Crippen LogP contribution is 2.63. The summed E-state index contributed by atoms with van der Waals surface area (Å²) in [5.74, 6) is 0.940. The summed E-state index contributed by atoms with van der Waals surface area (Å²) < 4.78 is 26.8. The molecule has 48 heavy (non-hydrogen) atoms. The second kappa shape index (κ2) is 9.89. The molecule has 0 fully saturated rings. The zero-order chi connectivity index (χ0) is 33.1. The SMILES string of the molecule is CC1=C[C@@H]2c3c(O)cc([C@H]4Cc5ccc(O)cc5O4)cc3O[C@]3(Cc4ccc(O)c5c4OC(C)(C)C=C5)Oc4cc(O)ccc4[C@H](C1)[C@H]23. The van der Waals surface area contributed by atoms with Gasteiger partial charge in [0.15, 0.2) is 0 Å². The monoisotopic (exact) mass is 644 g/mol. The zero-order valence-corrected chi connectivity index (χ0v) is 26.9. The Morgan fingerprint density at radius 3 is 2.40 bits per heavy atom. The van der Waals surface area contributed by atoms with Crippen LogP contribution in [-0.2, 0) is 12.8 Å². The molecule has 4 heterocycles. The van der Waals surface area contributed by atoms with Gasteiger partial charge in [0.2, 0.25) is 0 Å². The van der Waals surface area contributed by atoms with Crippen molar-refractivity contribution in [1.82, 2.24) is 0 Å². The van der Waals surface area contributed by atoms with E-state index in [2.05, 4.69) is 13.0 Å². The summed E-state index contributed by atoms with van der Waals surface area (Å²) >= 11 is 0. The maximum Gasteiger partial charge on any atom is 0.259 e. The van der Waals surface area contributed by atoms with Gasteiger partial charge in [0, 0.05) is 47.1 Å². The fourth-order valence-corrected chi connectivity index (χ4v) is 8.53. The van der Waals surface area contributed by atoms with Crippen LogP contribution in [0.2, 0.25) is 0 Å². The van der Waals surface area contributed by atoms with Gasteiger partial charge in [-0.3, -0.25) is 0 Å². The van der Waals surface area contributed by atoms with Gasteiger partial charge in [-0.05, 0) is 80.8 Å². The summed E-state index contributed by atoms with van der Waals surface area (Å²) in [5, 5.41) is 43.2. The lowest BCUT2D eigenvalue weighted by molar-refractivity contribution is -0.187. The van der Waals surface area contributed by atoms with Crippen LogP contribution in [0.15, 0.2) is 78.4 Å². The molecule has 5 aliphatic rings. The van der Waals surface area contributed by atoms with E-state index in [-0.39, 0.29) is 53.3 Å². The lowest BCUT2D eigenvalue weighted by Crippen LogP contribution is -2.60. The van der Waals surface area contributed by atoms with Crippen LogP contribution in [-0.4, -0.2) is 31.8 Å². The van der Waals surface area contributed by atoms with Crippen molar-refractivity contribution in [3.8, 4) is 46.0 Å². The lowest BCUT2D eigenvalue weighted by Gasteiger charge is -2.55. The van der Waals surface area contributed by atoms with Gasteiger partial charge in [0.05, 0.1) is 17.9 Å². The number of rotatable bonds is 3. The van der Waals surface area contributed by atoms with Crippen LogP contribution in [0.4, 0.5) is 0 Å². The Kier molecular flexibility index (Phi) is 5.96. The molecule has 9 rings (SSSR count). The van der Waals surface area contributed by atoms with Crippen LogP contribution >= 0.6 is 0 Å². The summed E-state index contributed by atoms with van der Waals surface area (Å²) in [6, 6.07) is 17.6. The third-order valence-electron chi connectivity index (χ3n) is 10.6. The predicted octanol–water partition coefficient (Wildman–Crippen LogP) is 7.93. The van der Waals surface area contributed by atoms with E-state index in [1.54, 1.807) is 36.4 Å². The molecule has 4 aliphatic heterocycles. The van der Waals surface area contributed by atoms with Crippen LogP contribution in [0.3, 0.4) is 0 Å². The summed E-state index contributed by atoms with van der Waals surface area (Å²) in [5.41, 5.74) is 5.43. The normalized spacial score (nSPS) is 26.6. The van der Waals surface area contributed by atoms with Crippen molar-refractivity contribution < 1.29 is 39.4 Å². The number of benzene rings is 4. The molecule has 8 heteroatoms. The minimum Gasteiger partial charge on any atom is -0.508 e. The number of phenolic OH excluding ortho intramolecular Hbond substituents is 4. The molecule has 244 valence electrons. The Bertz CT molecular complexity index is 2090. The van der Waals surface area contributed by atoms with Crippen LogP contribution in [0, 0.1) is 5.92 Å². The molecule has 5 atom stereocenters. The molecule has 4 N–H and O–H groups in total. The first-order valence-corrected chi connectivity index (χ1v) is 16.4. The Labute approximate surface area is 278 Å². The predicted molar refractivity (Wildman–Crippen MR) is 178 cm³/mol. The summed E-state index contributed by atoms with van der Waals surface area (Å²) in [4.78, 5) is 0. The molecule has 0 radical (unpaired) electrons. The van der Waals surface area contributed by atoms with E-state index >= 15 is 0 Å². The standard InChI is InChI=1S/C40H36O8/c1-20-12-28-26-8-7-25(42)18-34(26)46-40(19-22-5-9-30(43)27-10-11-39(2,3)48-38(22)27)37(28)29(13-20)36-31(44)14-23(16-35(36)47-40)32-15-21-4-6-24(41)17-33(21)45-32/h4-11,13-14,16-18,28-29,32,37,41-44H,12,15,19H2,1-3H3/t28-,29+,32+,37+,40-/m0/s1. The van der Waals surface area contributed by atoms with E-state index in [0.29, 0.717) is 40.5 Å². The number of allylic oxidation sites excluding steroid dienone is 2. The fraction of sp³-hybridized carbons (Fsp3) is 0.300. The lowest BCUT2D eigenvalue weighted by atomic mass is 9.61. The van der Waals surface area contributed by atoms with Gasteiger partial charge in [-0.2, -0.15) is 0 Å². The fourth-order valence-electron chi connectivity index (χ4n) is 8.53. The van der Waals surface area contributed by atoms with Crippen molar-refractivity contribution in [3.63, 3.8) is 0 Å². The first-order valence-electron chi connectivity index (χ1n) is 16.4. The van der Waals surface area contributed by atoms with Crippen molar-refractivity contribution in [1.29, 1.82) is 0 Å². The first-order chi connectivity index (χ1) is 23.0. The number of phenols is 4. The number of ether oxygens (including phenoxy) is 4. The number of aromatic hydroxyl groups is 4. The Morgan fingerprint density at radius 1 is 0.792 bits per heavy atom. The molecule has 0 spiro atoms. The van der Waals surface area contributed by atoms with E-state index < -0.39 is 11.4 Å². The van der Waals surface area contributed by atoms with Crippen molar-refractivity contribution >= 4 is 6.08 Å². The van der Waals surface area contributed by atoms with Crippen molar-refractivity contribution in [2.24, 2.45) is 5.92 Å². The minimum absolute atomic E-state index is 0.0258. The van der Waals surface area contributed by atoms with Crippen molar-refractivity contribution in [2.75, 3.05) is 0 Å². The van der Waals surface area contributed by atoms with E-state index in [9.17, 15) is 20.4 Å². The molecule has 0 saturated carbocycles. The van der Waals surface area contributed by atoms with Gasteiger partial charge in [-0.15, -0.1) is 0 Å². The van der Waals surface area contributed by atoms with Gasteiger partial charge in [-0.25, -0.2) is 0 Å². The smallest absolute Gasteiger partial charge is 0.259 e. The van der Waals surface area contributed by atoms with E-state index in [1.165, 1.54) is 5.57 Å². The van der Waals surface area contributed by atoms with E-state index in [0.717, 1.165) is 28.7 Å². The van der Waals surface area contributed by atoms with Crippen LogP contribution in [0.5, 0.6) is 46.0 Å². The van der Waals surface area contributed by atoms with Gasteiger partial charge in [0.1, 0.15) is 57.7 Å². The molecule has 8 nitrogen and oxygen atoms in total. The highest BCUT2D eigenvalue weighted by atomic mass is 16.7. The van der Waals surface area contributed by atoms with Gasteiger partial charge in [-0.1, -0.05) is 29.8 Å². The molecule has 0 unspecified atom stereocenters. The average Bonchev–Trinajstić information content (AvgIpc) is 3.45. The van der Waals surface area contributed by atoms with Crippen LogP contribution < -0.4 is 18.9 Å². The zero-order valence-electron chi connectivity index (χ0n) is 26.9. The molecular formula is C40H36O8. The minimum atomic E-state index is -1.27. The van der Waals surface area contributed by atoms with E-state index in [4.69, 9.17) is 18.9 Å². The molecule has 0 bridgehead atoms. The third kappa shape index (κ3) is 4.35. The number of fused-ring (bicyclic) bond motifs is 6. The molecule has 4 aromatic rings. The molecular weight excluding hydrogens is 608 g/mol. The van der Waals surface area contributed by atoms with Crippen LogP contribution in [0.1, 0.15) is 78.5 Å². The molecule has 4 aromatic carbocycles. The van der Waals surface area contributed by atoms with Gasteiger partial charge < -0.3 is 39.4 Å². The Hall–Kier alpha value is -5.24. The third-order valence-corrected chi connectivity index (χ3v) is 10.6. The highest BCUT2D eigenvalue weighted by Gasteiger charge is 2.60. The summed E-state index contributed by atoms with van der Waals surface area (Å²) in [6.45, 7) is 6.06. The molecule has 0 aromatic heterocycles. The largest absolute Gasteiger partial charge is 0.508 e. The topological polar surface area (TPSA) is 118 Å². The second-order valence-corrected chi connectivity index (χ2v) is 14.4. The van der Waals surface area contributed by atoms with Crippen molar-refractivity contribution in [3.05, 3.63) is 112 Å². The second-order valence-electron chi connectivity index (χ2n) is 14.4. The van der Waals surface area contributed by atoms with E-state index in [1.807, 2.05) is 50.3 Å². The van der Waals surface area contributed by atoms with Crippen LogP contribution in [0.25, 0.3) is 6.08 Å². The van der Waals surface area contributed by atoms with Gasteiger partial charge >= 0.3 is 0 Å². The Morgan fingerprint density at radius 2 is 1.56 bits per heavy atom.